The predicted octanol–water partition coefficient (Wildman–Crippen LogP) is 5.40. The molecule has 32 heavy (non-hydrogen) atoms. The third-order valence-electron chi connectivity index (χ3n) is 6.04. The predicted molar refractivity (Wildman–Crippen MR) is 125 cm³/mol. The first-order valence-electron chi connectivity index (χ1n) is 10.4. The first-order valence-corrected chi connectivity index (χ1v) is 11.5. The van der Waals surface area contributed by atoms with E-state index in [4.69, 9.17) is 11.6 Å². The number of aryl methyl sites for hydroxylation is 1. The smallest absolute Gasteiger partial charge is 0.307 e. The van der Waals surface area contributed by atoms with Gasteiger partial charge in [-0.25, -0.2) is 15.0 Å². The molecule has 0 saturated heterocycles. The highest BCUT2D eigenvalue weighted by Gasteiger charge is 2.49. The molecule has 0 spiro atoms. The van der Waals surface area contributed by atoms with Gasteiger partial charge in [0.05, 0.1) is 21.5 Å². The molecule has 9 heteroatoms. The normalized spacial score (nSPS) is 22.5. The number of halogens is 1. The van der Waals surface area contributed by atoms with Crippen LogP contribution in [0.2, 0.25) is 5.02 Å². The highest BCUT2D eigenvalue weighted by atomic mass is 35.5. The van der Waals surface area contributed by atoms with Crippen LogP contribution in [-0.4, -0.2) is 31.1 Å². The number of rotatable bonds is 5. The number of carboxylic acids is 1. The van der Waals surface area contributed by atoms with Crippen LogP contribution in [0.4, 0.5) is 11.6 Å². The second-order valence-electron chi connectivity index (χ2n) is 9.01. The number of nitrogens with one attached hydrogen (secondary N) is 1. The van der Waals surface area contributed by atoms with Crippen LogP contribution in [0.1, 0.15) is 43.7 Å². The minimum atomic E-state index is -1.14. The van der Waals surface area contributed by atoms with Crippen molar-refractivity contribution in [1.82, 2.24) is 15.0 Å². The standard InChI is InChI=1S/C23H25ClN4O3S/c1-13-9-19(25-10-15(13)24)28-18-6-4-5-16(27-18)17-11-26-21(32-17)23(31)8-7-14(20(29)30)22(2,3)12-23/h4-6,9-11,14,31H,7-8,12H2,1-3H3,(H,29,30)(H,25,27,28)/t14-,23-/m0/s1. The minimum absolute atomic E-state index is 0.348. The first-order chi connectivity index (χ1) is 15.1. The molecule has 4 rings (SSSR count). The summed E-state index contributed by atoms with van der Waals surface area (Å²) < 4.78 is 0. The molecule has 0 bridgehead atoms. The first kappa shape index (κ1) is 22.6. The number of aromatic nitrogens is 3. The summed E-state index contributed by atoms with van der Waals surface area (Å²) in [6.45, 7) is 5.70. The monoisotopic (exact) mass is 472 g/mol. The van der Waals surface area contributed by atoms with Gasteiger partial charge in [0.25, 0.3) is 0 Å². The lowest BCUT2D eigenvalue weighted by molar-refractivity contribution is -0.154. The van der Waals surface area contributed by atoms with Crippen LogP contribution >= 0.6 is 22.9 Å². The number of nitrogens with zero attached hydrogens (tertiary/aromatic N) is 3. The lowest BCUT2D eigenvalue weighted by atomic mass is 9.63. The zero-order chi connectivity index (χ0) is 23.1. The zero-order valence-electron chi connectivity index (χ0n) is 18.1. The van der Waals surface area contributed by atoms with Crippen LogP contribution in [0.15, 0.2) is 36.7 Å². The fourth-order valence-electron chi connectivity index (χ4n) is 4.37. The van der Waals surface area contributed by atoms with Crippen molar-refractivity contribution in [3.63, 3.8) is 0 Å². The number of thiazole rings is 1. The van der Waals surface area contributed by atoms with Crippen LogP contribution in [0.3, 0.4) is 0 Å². The van der Waals surface area contributed by atoms with Crippen molar-refractivity contribution >= 4 is 40.5 Å². The molecule has 1 aliphatic rings. The fraction of sp³-hybridized carbons (Fsp3) is 0.391. The van der Waals surface area contributed by atoms with Gasteiger partial charge in [0, 0.05) is 12.4 Å². The molecule has 2 atom stereocenters. The third kappa shape index (κ3) is 4.48. The van der Waals surface area contributed by atoms with Crippen LogP contribution in [0.5, 0.6) is 0 Å². The van der Waals surface area contributed by atoms with E-state index < -0.39 is 22.9 Å². The van der Waals surface area contributed by atoms with E-state index >= 15 is 0 Å². The average Bonchev–Trinajstić information content (AvgIpc) is 3.21. The number of hydrogen-bond acceptors (Lipinski definition) is 7. The summed E-state index contributed by atoms with van der Waals surface area (Å²) in [6, 6.07) is 7.48. The summed E-state index contributed by atoms with van der Waals surface area (Å²) in [4.78, 5) is 25.8. The van der Waals surface area contributed by atoms with E-state index in [0.29, 0.717) is 40.9 Å². The SMILES string of the molecule is Cc1cc(Nc2cccc(-c3cnc([C@]4(O)CC[C@@H](C(=O)O)C(C)(C)C4)s3)n2)ncc1Cl. The van der Waals surface area contributed by atoms with E-state index in [1.54, 1.807) is 12.4 Å². The fourth-order valence-corrected chi connectivity index (χ4v) is 5.47. The number of carboxylic acid groups (broad SMARTS) is 1. The highest BCUT2D eigenvalue weighted by Crippen LogP contribution is 2.50. The molecule has 0 amide bonds. The van der Waals surface area contributed by atoms with Gasteiger partial charge in [0.15, 0.2) is 0 Å². The average molecular weight is 473 g/mol. The molecule has 1 saturated carbocycles. The van der Waals surface area contributed by atoms with Crippen molar-refractivity contribution in [1.29, 1.82) is 0 Å². The molecule has 0 aromatic carbocycles. The van der Waals surface area contributed by atoms with Crippen molar-refractivity contribution in [2.75, 3.05) is 5.32 Å². The lowest BCUT2D eigenvalue weighted by Crippen LogP contribution is -2.44. The summed E-state index contributed by atoms with van der Waals surface area (Å²) in [7, 11) is 0. The van der Waals surface area contributed by atoms with Gasteiger partial charge in [-0.1, -0.05) is 31.5 Å². The molecule has 3 N–H and O–H groups in total. The summed E-state index contributed by atoms with van der Waals surface area (Å²) in [5.74, 6) is -0.00531. The molecular weight excluding hydrogens is 448 g/mol. The molecule has 3 aromatic rings. The minimum Gasteiger partial charge on any atom is -0.481 e. The maximum absolute atomic E-state index is 11.6. The van der Waals surface area contributed by atoms with Gasteiger partial charge in [-0.2, -0.15) is 0 Å². The summed E-state index contributed by atoms with van der Waals surface area (Å²) in [5, 5.41) is 25.2. The van der Waals surface area contributed by atoms with Crippen molar-refractivity contribution in [2.45, 2.75) is 45.6 Å². The van der Waals surface area contributed by atoms with Crippen molar-refractivity contribution in [2.24, 2.45) is 11.3 Å². The van der Waals surface area contributed by atoms with Crippen LogP contribution in [-0.2, 0) is 10.4 Å². The summed E-state index contributed by atoms with van der Waals surface area (Å²) >= 11 is 7.44. The van der Waals surface area contributed by atoms with E-state index in [1.807, 2.05) is 45.0 Å². The second kappa shape index (κ2) is 8.42. The maximum Gasteiger partial charge on any atom is 0.307 e. The van der Waals surface area contributed by atoms with Crippen molar-refractivity contribution < 1.29 is 15.0 Å². The van der Waals surface area contributed by atoms with E-state index in [0.717, 1.165) is 16.1 Å². The Kier molecular flexibility index (Phi) is 5.96. The van der Waals surface area contributed by atoms with E-state index in [2.05, 4.69) is 20.3 Å². The Bertz CT molecular complexity index is 1170. The number of hydrogen-bond donors (Lipinski definition) is 3. The van der Waals surface area contributed by atoms with Gasteiger partial charge < -0.3 is 15.5 Å². The lowest BCUT2D eigenvalue weighted by Gasteiger charge is -2.44. The quantitative estimate of drug-likeness (QED) is 0.456. The number of carbonyl (C=O) groups is 1. The molecule has 1 fully saturated rings. The van der Waals surface area contributed by atoms with Crippen LogP contribution in [0, 0.1) is 18.3 Å². The maximum atomic E-state index is 11.6. The molecule has 0 radical (unpaired) electrons. The van der Waals surface area contributed by atoms with Gasteiger partial charge in [-0.3, -0.25) is 4.79 Å². The molecular formula is C23H25ClN4O3S. The summed E-state index contributed by atoms with van der Waals surface area (Å²) in [6.07, 6.45) is 4.45. The highest BCUT2D eigenvalue weighted by molar-refractivity contribution is 7.15. The Morgan fingerprint density at radius 1 is 1.25 bits per heavy atom. The number of aliphatic carboxylic acids is 1. The summed E-state index contributed by atoms with van der Waals surface area (Å²) in [5.41, 5.74) is -0.0251. The number of pyridine rings is 2. The molecule has 0 aliphatic heterocycles. The van der Waals surface area contributed by atoms with E-state index in [-0.39, 0.29) is 0 Å². The third-order valence-corrected chi connectivity index (χ3v) is 7.65. The molecule has 7 nitrogen and oxygen atoms in total. The molecule has 3 aromatic heterocycles. The largest absolute Gasteiger partial charge is 0.481 e. The van der Waals surface area contributed by atoms with Gasteiger partial charge in [-0.15, -0.1) is 11.3 Å². The molecule has 1 aliphatic carbocycles. The topological polar surface area (TPSA) is 108 Å². The number of anilines is 2. The molecule has 0 unspecified atom stereocenters. The Morgan fingerprint density at radius 3 is 2.72 bits per heavy atom. The molecule has 3 heterocycles. The second-order valence-corrected chi connectivity index (χ2v) is 10.4. The van der Waals surface area contributed by atoms with Crippen molar-refractivity contribution in [3.8, 4) is 10.6 Å². The van der Waals surface area contributed by atoms with Crippen molar-refractivity contribution in [3.05, 3.63) is 52.3 Å². The molecule has 168 valence electrons. The Morgan fingerprint density at radius 2 is 2.03 bits per heavy atom. The van der Waals surface area contributed by atoms with Gasteiger partial charge in [-0.05, 0) is 55.4 Å². The van der Waals surface area contributed by atoms with E-state index in [9.17, 15) is 15.0 Å². The van der Waals surface area contributed by atoms with Gasteiger partial charge in [0.1, 0.15) is 22.2 Å². The van der Waals surface area contributed by atoms with Crippen LogP contribution in [0.25, 0.3) is 10.6 Å². The zero-order valence-corrected chi connectivity index (χ0v) is 19.7. The van der Waals surface area contributed by atoms with E-state index in [1.165, 1.54) is 11.3 Å². The number of aliphatic hydroxyl groups is 1. The Hall–Kier alpha value is -2.55. The van der Waals surface area contributed by atoms with Gasteiger partial charge in [0.2, 0.25) is 0 Å². The van der Waals surface area contributed by atoms with Gasteiger partial charge >= 0.3 is 5.97 Å². The van der Waals surface area contributed by atoms with Crippen LogP contribution < -0.4 is 5.32 Å². The Labute approximate surface area is 195 Å². The Balaban J connectivity index is 1.55.